The number of rotatable bonds is 5. The molecule has 1 aliphatic rings. The molecule has 0 saturated heterocycles. The van der Waals surface area contributed by atoms with Crippen LogP contribution in [0.2, 0.25) is 0 Å². The zero-order valence-electron chi connectivity index (χ0n) is 16.0. The number of aliphatic hydroxyl groups is 1. The number of fused-ring (bicyclic) bond motifs is 1. The van der Waals surface area contributed by atoms with Gasteiger partial charge in [0.15, 0.2) is 11.6 Å². The Morgan fingerprint density at radius 3 is 2.54 bits per heavy atom. The first-order valence-corrected chi connectivity index (χ1v) is 9.60. The van der Waals surface area contributed by atoms with Gasteiger partial charge in [0, 0.05) is 24.2 Å². The summed E-state index contributed by atoms with van der Waals surface area (Å²) in [6, 6.07) is 9.88. The van der Waals surface area contributed by atoms with E-state index in [1.165, 1.54) is 19.2 Å². The Labute approximate surface area is 164 Å². The van der Waals surface area contributed by atoms with Gasteiger partial charge in [-0.05, 0) is 73.1 Å². The van der Waals surface area contributed by atoms with E-state index in [2.05, 4.69) is 11.8 Å². The summed E-state index contributed by atoms with van der Waals surface area (Å²) in [5.41, 5.74) is 4.12. The average molecular weight is 382 g/mol. The highest BCUT2D eigenvalue weighted by Crippen LogP contribution is 2.38. The van der Waals surface area contributed by atoms with Gasteiger partial charge in [-0.2, -0.15) is 0 Å². The fourth-order valence-corrected chi connectivity index (χ4v) is 3.52. The molecule has 0 amide bonds. The van der Waals surface area contributed by atoms with Crippen molar-refractivity contribution in [2.75, 3.05) is 13.7 Å². The summed E-state index contributed by atoms with van der Waals surface area (Å²) in [5.74, 6) is 6.04. The zero-order valence-corrected chi connectivity index (χ0v) is 16.0. The minimum atomic E-state index is -0.333. The van der Waals surface area contributed by atoms with Crippen molar-refractivity contribution in [1.82, 2.24) is 0 Å². The van der Waals surface area contributed by atoms with Crippen LogP contribution in [0, 0.1) is 23.5 Å². The quantitative estimate of drug-likeness (QED) is 0.555. The lowest BCUT2D eigenvalue weighted by atomic mass is 9.92. The highest BCUT2D eigenvalue weighted by Gasteiger charge is 2.22. The van der Waals surface area contributed by atoms with E-state index in [1.54, 1.807) is 18.2 Å². The molecule has 0 atom stereocenters. The fourth-order valence-electron chi connectivity index (χ4n) is 3.52. The first-order valence-electron chi connectivity index (χ1n) is 9.60. The standard InChI is InChI=1S/C24H24F2O2/c1-28-23-15-14-21-20(7-4-2-3-5-16-27)19(8-6-9-22(21)24(23)26)17-10-12-18(25)13-11-17/h10-15,27H,2-3,5-6,8-9,16H2,1H3. The molecule has 2 nitrogen and oxygen atoms in total. The topological polar surface area (TPSA) is 29.5 Å². The lowest BCUT2D eigenvalue weighted by molar-refractivity contribution is 0.285. The molecule has 0 bridgehead atoms. The molecule has 0 radical (unpaired) electrons. The van der Waals surface area contributed by atoms with Crippen molar-refractivity contribution in [2.24, 2.45) is 0 Å². The van der Waals surface area contributed by atoms with Crippen LogP contribution in [0.1, 0.15) is 48.8 Å². The lowest BCUT2D eigenvalue weighted by Crippen LogP contribution is -1.99. The normalized spacial score (nSPS) is 13.4. The lowest BCUT2D eigenvalue weighted by Gasteiger charge is -2.13. The van der Waals surface area contributed by atoms with Crippen molar-refractivity contribution in [3.8, 4) is 17.6 Å². The second kappa shape index (κ2) is 9.52. The van der Waals surface area contributed by atoms with E-state index in [-0.39, 0.29) is 24.0 Å². The van der Waals surface area contributed by atoms with Crippen molar-refractivity contribution in [1.29, 1.82) is 0 Å². The summed E-state index contributed by atoms with van der Waals surface area (Å²) in [6.07, 6.45) is 4.29. The van der Waals surface area contributed by atoms with Crippen LogP contribution in [0.25, 0.3) is 11.1 Å². The van der Waals surface area contributed by atoms with Gasteiger partial charge in [0.2, 0.25) is 0 Å². The molecule has 0 aliphatic heterocycles. The van der Waals surface area contributed by atoms with Crippen molar-refractivity contribution in [3.63, 3.8) is 0 Å². The van der Waals surface area contributed by atoms with Crippen LogP contribution in [0.4, 0.5) is 8.78 Å². The van der Waals surface area contributed by atoms with Crippen LogP contribution >= 0.6 is 0 Å². The monoisotopic (exact) mass is 382 g/mol. The van der Waals surface area contributed by atoms with Crippen LogP contribution in [-0.4, -0.2) is 18.8 Å². The van der Waals surface area contributed by atoms with E-state index in [1.807, 2.05) is 6.07 Å². The third-order valence-electron chi connectivity index (χ3n) is 4.97. The number of hydrogen-bond donors (Lipinski definition) is 1. The number of allylic oxidation sites excluding steroid dienone is 2. The minimum Gasteiger partial charge on any atom is -0.494 e. The average Bonchev–Trinajstić information content (AvgIpc) is 2.89. The second-order valence-electron chi connectivity index (χ2n) is 6.80. The molecule has 146 valence electrons. The predicted octanol–water partition coefficient (Wildman–Crippen LogP) is 5.39. The molecule has 4 heteroatoms. The third-order valence-corrected chi connectivity index (χ3v) is 4.97. The molecule has 1 N–H and O–H groups in total. The SMILES string of the molecule is COc1ccc2c(c1F)CCCC(c1ccc(F)cc1)=C2C#CCCCCO. The van der Waals surface area contributed by atoms with Crippen LogP contribution < -0.4 is 4.74 Å². The summed E-state index contributed by atoms with van der Waals surface area (Å²) in [7, 11) is 1.46. The van der Waals surface area contributed by atoms with Gasteiger partial charge in [0.05, 0.1) is 7.11 Å². The molecule has 0 saturated carbocycles. The van der Waals surface area contributed by atoms with Gasteiger partial charge >= 0.3 is 0 Å². The largest absolute Gasteiger partial charge is 0.494 e. The van der Waals surface area contributed by atoms with E-state index in [9.17, 15) is 8.78 Å². The molecule has 0 unspecified atom stereocenters. The van der Waals surface area contributed by atoms with Crippen molar-refractivity contribution < 1.29 is 18.6 Å². The number of halogens is 2. The van der Waals surface area contributed by atoms with Crippen molar-refractivity contribution in [3.05, 3.63) is 64.7 Å². The van der Waals surface area contributed by atoms with Crippen molar-refractivity contribution >= 4 is 11.1 Å². The Balaban J connectivity index is 2.12. The highest BCUT2D eigenvalue weighted by atomic mass is 19.1. The Kier molecular flexibility index (Phi) is 6.84. The number of hydrogen-bond acceptors (Lipinski definition) is 2. The molecule has 0 spiro atoms. The first-order chi connectivity index (χ1) is 13.7. The maximum atomic E-state index is 14.9. The number of unbranched alkanes of at least 4 members (excludes halogenated alkanes) is 2. The van der Waals surface area contributed by atoms with E-state index in [0.717, 1.165) is 41.5 Å². The molecule has 0 heterocycles. The van der Waals surface area contributed by atoms with Gasteiger partial charge in [-0.15, -0.1) is 0 Å². The number of benzene rings is 2. The summed E-state index contributed by atoms with van der Waals surface area (Å²) < 4.78 is 33.5. The smallest absolute Gasteiger partial charge is 0.168 e. The highest BCUT2D eigenvalue weighted by molar-refractivity contribution is 5.99. The Morgan fingerprint density at radius 2 is 1.82 bits per heavy atom. The molecular weight excluding hydrogens is 358 g/mol. The zero-order chi connectivity index (χ0) is 19.9. The fraction of sp³-hybridized carbons (Fsp3) is 0.333. The van der Waals surface area contributed by atoms with Gasteiger partial charge in [-0.25, -0.2) is 8.78 Å². The van der Waals surface area contributed by atoms with Crippen LogP contribution in [0.5, 0.6) is 5.75 Å². The first kappa shape index (κ1) is 20.1. The number of ether oxygens (including phenoxy) is 1. The van der Waals surface area contributed by atoms with Crippen LogP contribution in [0.15, 0.2) is 36.4 Å². The molecule has 28 heavy (non-hydrogen) atoms. The van der Waals surface area contributed by atoms with Crippen LogP contribution in [0.3, 0.4) is 0 Å². The summed E-state index contributed by atoms with van der Waals surface area (Å²) in [4.78, 5) is 0. The second-order valence-corrected chi connectivity index (χ2v) is 6.80. The van der Waals surface area contributed by atoms with E-state index >= 15 is 0 Å². The van der Waals surface area contributed by atoms with E-state index < -0.39 is 0 Å². The molecule has 0 fully saturated rings. The number of methoxy groups -OCH3 is 1. The van der Waals surface area contributed by atoms with Gasteiger partial charge in [0.1, 0.15) is 5.82 Å². The van der Waals surface area contributed by atoms with E-state index in [4.69, 9.17) is 9.84 Å². The summed E-state index contributed by atoms with van der Waals surface area (Å²) in [6.45, 7) is 0.152. The van der Waals surface area contributed by atoms with Gasteiger partial charge in [-0.3, -0.25) is 0 Å². The molecule has 2 aromatic rings. The minimum absolute atomic E-state index is 0.152. The van der Waals surface area contributed by atoms with Gasteiger partial charge < -0.3 is 9.84 Å². The Morgan fingerprint density at radius 1 is 1.04 bits per heavy atom. The van der Waals surface area contributed by atoms with Gasteiger partial charge in [-0.1, -0.05) is 24.0 Å². The summed E-state index contributed by atoms with van der Waals surface area (Å²) >= 11 is 0. The molecule has 2 aromatic carbocycles. The van der Waals surface area contributed by atoms with Gasteiger partial charge in [0.25, 0.3) is 0 Å². The summed E-state index contributed by atoms with van der Waals surface area (Å²) in [5, 5.41) is 8.93. The molecular formula is C24H24F2O2. The van der Waals surface area contributed by atoms with Crippen molar-refractivity contribution in [2.45, 2.75) is 38.5 Å². The number of aliphatic hydroxyl groups excluding tert-OH is 1. The molecule has 3 rings (SSSR count). The molecule has 0 aromatic heterocycles. The van der Waals surface area contributed by atoms with E-state index in [0.29, 0.717) is 24.8 Å². The maximum absolute atomic E-state index is 14.9. The Bertz CT molecular complexity index is 918. The third kappa shape index (κ3) is 4.43. The Hall–Kier alpha value is -2.64. The maximum Gasteiger partial charge on any atom is 0.168 e. The predicted molar refractivity (Wildman–Crippen MR) is 108 cm³/mol. The van der Waals surface area contributed by atoms with Crippen LogP contribution in [-0.2, 0) is 6.42 Å². The molecule has 1 aliphatic carbocycles.